The summed E-state index contributed by atoms with van der Waals surface area (Å²) in [4.78, 5) is 12.1. The van der Waals surface area contributed by atoms with E-state index in [0.717, 1.165) is 19.4 Å². The van der Waals surface area contributed by atoms with E-state index < -0.39 is 0 Å². The van der Waals surface area contributed by atoms with Crippen LogP contribution >= 0.6 is 23.2 Å². The lowest BCUT2D eigenvalue weighted by atomic mass is 9.99. The quantitative estimate of drug-likeness (QED) is 0.878. The Kier molecular flexibility index (Phi) is 4.49. The fourth-order valence-corrected chi connectivity index (χ4v) is 2.66. The zero-order valence-corrected chi connectivity index (χ0v) is 11.7. The molecule has 1 heterocycles. The van der Waals surface area contributed by atoms with E-state index in [1.54, 1.807) is 18.2 Å². The van der Waals surface area contributed by atoms with Crippen LogP contribution < -0.4 is 10.6 Å². The average Bonchev–Trinajstić information content (AvgIpc) is 2.32. The minimum Gasteiger partial charge on any atom is -0.348 e. The maximum Gasteiger partial charge on any atom is 0.253 e. The van der Waals surface area contributed by atoms with Crippen molar-refractivity contribution in [3.05, 3.63) is 33.8 Å². The summed E-state index contributed by atoms with van der Waals surface area (Å²) in [6.07, 6.45) is 2.06. The lowest BCUT2D eigenvalue weighted by Gasteiger charge is -2.30. The van der Waals surface area contributed by atoms with Crippen LogP contribution in [-0.2, 0) is 0 Å². The third-order valence-electron chi connectivity index (χ3n) is 3.25. The lowest BCUT2D eigenvalue weighted by molar-refractivity contribution is 0.0920. The molecule has 1 aliphatic heterocycles. The smallest absolute Gasteiger partial charge is 0.253 e. The van der Waals surface area contributed by atoms with E-state index >= 15 is 0 Å². The van der Waals surface area contributed by atoms with Crippen molar-refractivity contribution >= 4 is 29.1 Å². The molecule has 0 aliphatic carbocycles. The molecule has 1 fully saturated rings. The van der Waals surface area contributed by atoms with Gasteiger partial charge in [0.15, 0.2) is 0 Å². The van der Waals surface area contributed by atoms with E-state index in [0.29, 0.717) is 15.6 Å². The molecule has 2 N–H and O–H groups in total. The minimum atomic E-state index is -0.141. The van der Waals surface area contributed by atoms with Crippen LogP contribution in [0.4, 0.5) is 0 Å². The van der Waals surface area contributed by atoms with Crippen LogP contribution in [0.5, 0.6) is 0 Å². The van der Waals surface area contributed by atoms with Crippen LogP contribution in [0.15, 0.2) is 18.2 Å². The molecule has 5 heteroatoms. The summed E-state index contributed by atoms with van der Waals surface area (Å²) >= 11 is 11.8. The molecule has 2 rings (SSSR count). The Morgan fingerprint density at radius 3 is 2.89 bits per heavy atom. The average molecular weight is 287 g/mol. The third kappa shape index (κ3) is 3.16. The summed E-state index contributed by atoms with van der Waals surface area (Å²) < 4.78 is 0. The summed E-state index contributed by atoms with van der Waals surface area (Å²) in [5, 5.41) is 7.28. The van der Waals surface area contributed by atoms with Crippen molar-refractivity contribution in [3.63, 3.8) is 0 Å². The number of carbonyl (C=O) groups excluding carboxylic acids is 1. The molecular formula is C13H16Cl2N2O. The summed E-state index contributed by atoms with van der Waals surface area (Å²) in [6, 6.07) is 5.35. The number of piperidine rings is 1. The molecule has 1 aromatic rings. The number of amides is 1. The van der Waals surface area contributed by atoms with E-state index in [-0.39, 0.29) is 18.0 Å². The van der Waals surface area contributed by atoms with Crippen molar-refractivity contribution in [3.8, 4) is 0 Å². The minimum absolute atomic E-state index is 0.141. The molecule has 0 unspecified atom stereocenters. The Morgan fingerprint density at radius 1 is 1.44 bits per heavy atom. The maximum atomic E-state index is 12.1. The van der Waals surface area contributed by atoms with Crippen LogP contribution in [0.1, 0.15) is 30.1 Å². The second kappa shape index (κ2) is 5.91. The van der Waals surface area contributed by atoms with Gasteiger partial charge in [0.05, 0.1) is 10.6 Å². The molecule has 98 valence electrons. The molecule has 18 heavy (non-hydrogen) atoms. The molecule has 3 nitrogen and oxygen atoms in total. The number of rotatable bonds is 2. The molecule has 0 saturated carbocycles. The summed E-state index contributed by atoms with van der Waals surface area (Å²) in [5.41, 5.74) is 0.471. The van der Waals surface area contributed by atoms with E-state index in [2.05, 4.69) is 17.6 Å². The van der Waals surface area contributed by atoms with Crippen LogP contribution in [0.25, 0.3) is 0 Å². The van der Waals surface area contributed by atoms with Gasteiger partial charge in [0.1, 0.15) is 0 Å². The van der Waals surface area contributed by atoms with Crippen molar-refractivity contribution in [1.29, 1.82) is 0 Å². The molecule has 2 atom stereocenters. The summed E-state index contributed by atoms with van der Waals surface area (Å²) in [5.74, 6) is -0.141. The maximum absolute atomic E-state index is 12.1. The Morgan fingerprint density at radius 2 is 2.22 bits per heavy atom. The Labute approximate surface area is 117 Å². The largest absolute Gasteiger partial charge is 0.348 e. The highest BCUT2D eigenvalue weighted by Gasteiger charge is 2.23. The lowest BCUT2D eigenvalue weighted by Crippen LogP contribution is -2.51. The van der Waals surface area contributed by atoms with E-state index in [4.69, 9.17) is 23.2 Å². The van der Waals surface area contributed by atoms with Gasteiger partial charge in [-0.15, -0.1) is 0 Å². The van der Waals surface area contributed by atoms with Crippen molar-refractivity contribution in [1.82, 2.24) is 10.6 Å². The number of hydrogen-bond acceptors (Lipinski definition) is 2. The molecule has 0 spiro atoms. The number of benzene rings is 1. The normalized spacial score (nSPS) is 23.7. The third-order valence-corrected chi connectivity index (χ3v) is 3.80. The van der Waals surface area contributed by atoms with Gasteiger partial charge in [0.2, 0.25) is 0 Å². The fraction of sp³-hybridized carbons (Fsp3) is 0.462. The predicted octanol–water partition coefficient (Wildman–Crippen LogP) is 2.86. The predicted molar refractivity (Wildman–Crippen MR) is 74.4 cm³/mol. The number of hydrogen-bond donors (Lipinski definition) is 2. The number of nitrogens with one attached hydrogen (secondary N) is 2. The van der Waals surface area contributed by atoms with Crippen LogP contribution in [0.3, 0.4) is 0 Å². The van der Waals surface area contributed by atoms with Crippen LogP contribution in [0, 0.1) is 0 Å². The van der Waals surface area contributed by atoms with E-state index in [1.165, 1.54) is 0 Å². The van der Waals surface area contributed by atoms with Gasteiger partial charge in [-0.3, -0.25) is 4.79 Å². The first-order valence-corrected chi connectivity index (χ1v) is 6.83. The Balaban J connectivity index is 2.07. The molecule has 1 aliphatic rings. The molecule has 0 aromatic heterocycles. The highest BCUT2D eigenvalue weighted by molar-refractivity contribution is 6.36. The highest BCUT2D eigenvalue weighted by Crippen LogP contribution is 2.21. The second-order valence-corrected chi connectivity index (χ2v) is 5.43. The van der Waals surface area contributed by atoms with Gasteiger partial charge < -0.3 is 10.6 Å². The van der Waals surface area contributed by atoms with Crippen molar-refractivity contribution in [2.45, 2.75) is 31.8 Å². The van der Waals surface area contributed by atoms with Crippen LogP contribution in [-0.4, -0.2) is 24.5 Å². The van der Waals surface area contributed by atoms with Gasteiger partial charge in [-0.2, -0.15) is 0 Å². The van der Waals surface area contributed by atoms with Gasteiger partial charge in [-0.1, -0.05) is 23.2 Å². The summed E-state index contributed by atoms with van der Waals surface area (Å²) in [7, 11) is 0. The van der Waals surface area contributed by atoms with Gasteiger partial charge >= 0.3 is 0 Å². The molecule has 1 amide bonds. The van der Waals surface area contributed by atoms with Gasteiger partial charge in [-0.05, 0) is 44.5 Å². The fourth-order valence-electron chi connectivity index (χ4n) is 2.16. The first-order valence-electron chi connectivity index (χ1n) is 6.07. The molecular weight excluding hydrogens is 271 g/mol. The number of halogens is 2. The van der Waals surface area contributed by atoms with Gasteiger partial charge in [0, 0.05) is 17.1 Å². The monoisotopic (exact) mass is 286 g/mol. The Hall–Kier alpha value is -0.770. The molecule has 0 bridgehead atoms. The topological polar surface area (TPSA) is 41.1 Å². The van der Waals surface area contributed by atoms with Crippen molar-refractivity contribution in [2.75, 3.05) is 6.54 Å². The molecule has 1 aromatic carbocycles. The molecule has 0 radical (unpaired) electrons. The summed E-state index contributed by atoms with van der Waals surface area (Å²) in [6.45, 7) is 3.09. The van der Waals surface area contributed by atoms with Gasteiger partial charge in [-0.25, -0.2) is 0 Å². The van der Waals surface area contributed by atoms with E-state index in [9.17, 15) is 4.79 Å². The van der Waals surface area contributed by atoms with E-state index in [1.807, 2.05) is 0 Å². The van der Waals surface area contributed by atoms with Crippen molar-refractivity contribution < 1.29 is 4.79 Å². The highest BCUT2D eigenvalue weighted by atomic mass is 35.5. The first kappa shape index (κ1) is 13.7. The van der Waals surface area contributed by atoms with Gasteiger partial charge in [0.25, 0.3) is 5.91 Å². The van der Waals surface area contributed by atoms with Crippen LogP contribution in [0.2, 0.25) is 10.0 Å². The van der Waals surface area contributed by atoms with Crippen molar-refractivity contribution in [2.24, 2.45) is 0 Å². The first-order chi connectivity index (χ1) is 8.58. The standard InChI is InChI=1S/C13H16Cl2N2O/c1-8-12(3-2-6-16-8)17-13(18)10-5-4-9(14)7-11(10)15/h4-5,7-8,12,16H,2-3,6H2,1H3,(H,17,18)/t8-,12-/m0/s1. The zero-order chi connectivity index (χ0) is 13.1. The zero-order valence-electron chi connectivity index (χ0n) is 10.2. The molecule has 1 saturated heterocycles. The Bertz CT molecular complexity index is 451. The number of carbonyl (C=O) groups is 1. The SMILES string of the molecule is C[C@@H]1NCCC[C@@H]1NC(=O)c1ccc(Cl)cc1Cl. The second-order valence-electron chi connectivity index (χ2n) is 4.59.